The standard InChI is InChI=1S/C35H26FN5O2S.ClH/c36-28-20-25(43-35(42)23-8-3-1-4-9-23)15-16-26(28)32-27(21-37)30(22-11-13-24(14-12-22)41-17-5-2-6-18-41)31-33(29-10-7-19-44-29)39-40-34(31)38-32;/h1,3-4,7-16,19-20H,2,5-6,17-18H2,(H,38,39,40);1H. The Labute approximate surface area is 269 Å². The molecule has 0 atom stereocenters. The second kappa shape index (κ2) is 12.9. The lowest BCUT2D eigenvalue weighted by atomic mass is 9.92. The van der Waals surface area contributed by atoms with Crippen molar-refractivity contribution in [2.75, 3.05) is 18.0 Å². The summed E-state index contributed by atoms with van der Waals surface area (Å²) in [5.74, 6) is -1.21. The number of nitrogens with zero attached hydrogens (tertiary/aromatic N) is 4. The average molecular weight is 636 g/mol. The molecule has 1 aliphatic heterocycles. The number of esters is 1. The quantitative estimate of drug-likeness (QED) is 0.145. The molecule has 0 unspecified atom stereocenters. The first-order valence-corrected chi connectivity index (χ1v) is 15.3. The van der Waals surface area contributed by atoms with Gasteiger partial charge in [0.1, 0.15) is 23.3 Å². The average Bonchev–Trinajstić information content (AvgIpc) is 3.75. The molecule has 7 rings (SSSR count). The van der Waals surface area contributed by atoms with E-state index in [0.29, 0.717) is 27.9 Å². The van der Waals surface area contributed by atoms with Gasteiger partial charge in [0.05, 0.1) is 27.1 Å². The van der Waals surface area contributed by atoms with Crippen LogP contribution in [0.1, 0.15) is 35.2 Å². The molecular formula is C35H27ClFN5O2S. The summed E-state index contributed by atoms with van der Waals surface area (Å²) in [5, 5.41) is 20.8. The van der Waals surface area contributed by atoms with Crippen LogP contribution in [0.25, 0.3) is 44.0 Å². The predicted octanol–water partition coefficient (Wildman–Crippen LogP) is 8.66. The molecule has 0 aliphatic carbocycles. The number of hydrogen-bond acceptors (Lipinski definition) is 7. The van der Waals surface area contributed by atoms with E-state index in [0.717, 1.165) is 35.3 Å². The van der Waals surface area contributed by atoms with Crippen LogP contribution < -0.4 is 9.64 Å². The van der Waals surface area contributed by atoms with Crippen LogP contribution in [0.4, 0.5) is 10.1 Å². The number of benzene rings is 3. The molecule has 0 amide bonds. The van der Waals surface area contributed by atoms with Gasteiger partial charge in [-0.25, -0.2) is 14.2 Å². The van der Waals surface area contributed by atoms with E-state index in [-0.39, 0.29) is 35.0 Å². The highest BCUT2D eigenvalue weighted by molar-refractivity contribution is 7.13. The Morgan fingerprint density at radius 3 is 2.42 bits per heavy atom. The number of aromatic amines is 1. The second-order valence-corrected chi connectivity index (χ2v) is 11.5. The van der Waals surface area contributed by atoms with E-state index >= 15 is 4.39 Å². The van der Waals surface area contributed by atoms with Crippen LogP contribution in [-0.2, 0) is 0 Å². The number of hydrogen-bond donors (Lipinski definition) is 1. The molecule has 1 saturated heterocycles. The number of rotatable bonds is 6. The number of H-pyrrole nitrogens is 1. The van der Waals surface area contributed by atoms with Crippen LogP contribution in [0.2, 0.25) is 0 Å². The Hall–Kier alpha value is -5.04. The SMILES string of the molecule is Cl.N#Cc1c(-c2ccc(OC(=O)c3ccccc3)cc2F)nc2[nH]nc(-c3cccs3)c2c1-c1ccc(N2CCCCC2)cc1. The number of carbonyl (C=O) groups excluding carboxylic acids is 1. The number of fused-ring (bicyclic) bond motifs is 1. The number of halogens is 2. The van der Waals surface area contributed by atoms with Gasteiger partial charge in [-0.2, -0.15) is 10.4 Å². The number of piperidine rings is 1. The van der Waals surface area contributed by atoms with Crippen LogP contribution >= 0.6 is 23.7 Å². The van der Waals surface area contributed by atoms with Gasteiger partial charge >= 0.3 is 5.97 Å². The fourth-order valence-electron chi connectivity index (χ4n) is 5.73. The summed E-state index contributed by atoms with van der Waals surface area (Å²) in [6, 6.07) is 27.0. The molecule has 1 aliphatic rings. The third kappa shape index (κ3) is 5.78. The van der Waals surface area contributed by atoms with Crippen molar-refractivity contribution in [1.29, 1.82) is 5.26 Å². The number of nitriles is 1. The molecule has 3 aromatic carbocycles. The van der Waals surface area contributed by atoms with Crippen LogP contribution in [0, 0.1) is 17.1 Å². The van der Waals surface area contributed by atoms with E-state index in [1.54, 1.807) is 41.7 Å². The minimum Gasteiger partial charge on any atom is -0.423 e. The molecule has 0 spiro atoms. The van der Waals surface area contributed by atoms with E-state index in [4.69, 9.17) is 9.72 Å². The Morgan fingerprint density at radius 1 is 0.956 bits per heavy atom. The first-order chi connectivity index (χ1) is 21.6. The van der Waals surface area contributed by atoms with E-state index < -0.39 is 11.8 Å². The van der Waals surface area contributed by atoms with Gasteiger partial charge in [-0.3, -0.25) is 5.10 Å². The van der Waals surface area contributed by atoms with Crippen LogP contribution in [0.15, 0.2) is 90.3 Å². The highest BCUT2D eigenvalue weighted by Gasteiger charge is 2.25. The van der Waals surface area contributed by atoms with Gasteiger partial charge in [0.25, 0.3) is 0 Å². The van der Waals surface area contributed by atoms with Crippen LogP contribution in [0.3, 0.4) is 0 Å². The number of nitrogens with one attached hydrogen (secondary N) is 1. The monoisotopic (exact) mass is 635 g/mol. The number of carbonyl (C=O) groups is 1. The maximum absolute atomic E-state index is 15.8. The number of ether oxygens (including phenoxy) is 1. The molecule has 1 fully saturated rings. The maximum atomic E-state index is 15.8. The third-order valence-electron chi connectivity index (χ3n) is 7.87. The fourth-order valence-corrected chi connectivity index (χ4v) is 6.45. The molecule has 10 heteroatoms. The first-order valence-electron chi connectivity index (χ1n) is 14.4. The smallest absolute Gasteiger partial charge is 0.343 e. The van der Waals surface area contributed by atoms with E-state index in [1.165, 1.54) is 31.4 Å². The normalized spacial score (nSPS) is 12.8. The largest absolute Gasteiger partial charge is 0.423 e. The lowest BCUT2D eigenvalue weighted by Gasteiger charge is -2.29. The number of thiophene rings is 1. The summed E-state index contributed by atoms with van der Waals surface area (Å²) in [5.41, 5.74) is 4.58. The molecule has 6 aromatic rings. The molecule has 3 aromatic heterocycles. The highest BCUT2D eigenvalue weighted by Crippen LogP contribution is 2.42. The zero-order valence-electron chi connectivity index (χ0n) is 24.0. The number of aromatic nitrogens is 3. The summed E-state index contributed by atoms with van der Waals surface area (Å²) in [7, 11) is 0. The zero-order valence-corrected chi connectivity index (χ0v) is 25.6. The molecule has 45 heavy (non-hydrogen) atoms. The maximum Gasteiger partial charge on any atom is 0.343 e. The Kier molecular flexibility index (Phi) is 8.60. The summed E-state index contributed by atoms with van der Waals surface area (Å²) >= 11 is 1.54. The van der Waals surface area contributed by atoms with Gasteiger partial charge in [0.2, 0.25) is 0 Å². The van der Waals surface area contributed by atoms with Gasteiger partial charge in [-0.05, 0) is 72.7 Å². The van der Waals surface area contributed by atoms with Crippen molar-refractivity contribution in [3.63, 3.8) is 0 Å². The van der Waals surface area contributed by atoms with Crippen molar-refractivity contribution in [2.24, 2.45) is 0 Å². The minimum atomic E-state index is -0.670. The Bertz CT molecular complexity index is 2020. The van der Waals surface area contributed by atoms with Gasteiger partial charge in [0, 0.05) is 36.0 Å². The topological polar surface area (TPSA) is 94.9 Å². The summed E-state index contributed by atoms with van der Waals surface area (Å²) in [6.45, 7) is 2.04. The molecule has 4 heterocycles. The van der Waals surface area contributed by atoms with Gasteiger partial charge in [-0.15, -0.1) is 23.7 Å². The fraction of sp³-hybridized carbons (Fsp3) is 0.143. The highest BCUT2D eigenvalue weighted by atomic mass is 35.5. The molecule has 0 saturated carbocycles. The Balaban J connectivity index is 0.00000357. The summed E-state index contributed by atoms with van der Waals surface area (Å²) in [4.78, 5) is 20.6. The number of anilines is 1. The van der Waals surface area contributed by atoms with Crippen molar-refractivity contribution < 1.29 is 13.9 Å². The van der Waals surface area contributed by atoms with Gasteiger partial charge < -0.3 is 9.64 Å². The van der Waals surface area contributed by atoms with Crippen molar-refractivity contribution >= 4 is 46.4 Å². The zero-order chi connectivity index (χ0) is 30.0. The van der Waals surface area contributed by atoms with Crippen molar-refractivity contribution in [3.8, 4) is 44.8 Å². The third-order valence-corrected chi connectivity index (χ3v) is 8.74. The van der Waals surface area contributed by atoms with E-state index in [9.17, 15) is 10.1 Å². The molecule has 0 radical (unpaired) electrons. The lowest BCUT2D eigenvalue weighted by Crippen LogP contribution is -2.29. The molecular weight excluding hydrogens is 609 g/mol. The minimum absolute atomic E-state index is 0. The summed E-state index contributed by atoms with van der Waals surface area (Å²) in [6.07, 6.45) is 3.59. The molecule has 224 valence electrons. The van der Waals surface area contributed by atoms with E-state index in [1.807, 2.05) is 29.6 Å². The molecule has 7 nitrogen and oxygen atoms in total. The Morgan fingerprint density at radius 2 is 1.73 bits per heavy atom. The predicted molar refractivity (Wildman–Crippen MR) is 177 cm³/mol. The summed E-state index contributed by atoms with van der Waals surface area (Å²) < 4.78 is 21.2. The second-order valence-electron chi connectivity index (χ2n) is 10.6. The van der Waals surface area contributed by atoms with Crippen molar-refractivity contribution in [1.82, 2.24) is 15.2 Å². The van der Waals surface area contributed by atoms with Crippen LogP contribution in [0.5, 0.6) is 5.75 Å². The first kappa shape index (κ1) is 30.0. The van der Waals surface area contributed by atoms with Crippen molar-refractivity contribution in [2.45, 2.75) is 19.3 Å². The van der Waals surface area contributed by atoms with Gasteiger partial charge in [0.15, 0.2) is 5.65 Å². The molecule has 1 N–H and O–H groups in total. The lowest BCUT2D eigenvalue weighted by molar-refractivity contribution is 0.0734. The van der Waals surface area contributed by atoms with Crippen LogP contribution in [-0.4, -0.2) is 34.2 Å². The molecule has 0 bridgehead atoms. The number of pyridine rings is 1. The van der Waals surface area contributed by atoms with E-state index in [2.05, 4.69) is 33.3 Å². The van der Waals surface area contributed by atoms with Crippen molar-refractivity contribution in [3.05, 3.63) is 107 Å². The van der Waals surface area contributed by atoms with Gasteiger partial charge in [-0.1, -0.05) is 36.4 Å².